The van der Waals surface area contributed by atoms with E-state index in [1.807, 2.05) is 25.3 Å². The summed E-state index contributed by atoms with van der Waals surface area (Å²) in [4.78, 5) is 29.4. The van der Waals surface area contributed by atoms with Crippen LogP contribution in [0.5, 0.6) is 0 Å². The van der Waals surface area contributed by atoms with E-state index in [0.717, 1.165) is 0 Å². The first-order valence-electron chi connectivity index (χ1n) is 7.64. The van der Waals surface area contributed by atoms with Crippen molar-refractivity contribution in [1.82, 2.24) is 14.9 Å². The summed E-state index contributed by atoms with van der Waals surface area (Å²) in [5.74, 6) is 0.0933. The average Bonchev–Trinajstić information content (AvgIpc) is 3.02. The van der Waals surface area contributed by atoms with Gasteiger partial charge in [0, 0.05) is 11.1 Å². The summed E-state index contributed by atoms with van der Waals surface area (Å²) in [5, 5.41) is 5.75. The largest absolute Gasteiger partial charge is 0.353 e. The Morgan fingerprint density at radius 1 is 1.32 bits per heavy atom. The summed E-state index contributed by atoms with van der Waals surface area (Å²) in [5.41, 5.74) is 1.17. The van der Waals surface area contributed by atoms with Gasteiger partial charge in [0.2, 0.25) is 5.91 Å². The number of hydrogen-bond donors (Lipinski definition) is 1. The lowest BCUT2D eigenvalue weighted by Crippen LogP contribution is -2.31. The SMILES string of the molecule is CC(C)NC(=O)CSc1nc2ccsc2c(=O)n1-c1ccc(Cl)cc1. The van der Waals surface area contributed by atoms with Gasteiger partial charge in [-0.25, -0.2) is 4.98 Å². The highest BCUT2D eigenvalue weighted by Crippen LogP contribution is 2.24. The molecule has 0 unspecified atom stereocenters. The van der Waals surface area contributed by atoms with Gasteiger partial charge in [-0.15, -0.1) is 11.3 Å². The summed E-state index contributed by atoms with van der Waals surface area (Å²) < 4.78 is 2.12. The van der Waals surface area contributed by atoms with Gasteiger partial charge in [0.1, 0.15) is 4.70 Å². The zero-order valence-electron chi connectivity index (χ0n) is 13.7. The third kappa shape index (κ3) is 4.05. The van der Waals surface area contributed by atoms with Crippen LogP contribution < -0.4 is 10.9 Å². The Morgan fingerprint density at radius 3 is 2.72 bits per heavy atom. The molecule has 0 aliphatic heterocycles. The minimum absolute atomic E-state index is 0.0684. The normalized spacial score (nSPS) is 11.2. The number of rotatable bonds is 5. The molecule has 0 radical (unpaired) electrons. The van der Waals surface area contributed by atoms with Crippen molar-refractivity contribution < 1.29 is 4.79 Å². The average molecular weight is 394 g/mol. The van der Waals surface area contributed by atoms with E-state index in [4.69, 9.17) is 11.6 Å². The van der Waals surface area contributed by atoms with Crippen molar-refractivity contribution >= 4 is 50.8 Å². The van der Waals surface area contributed by atoms with Crippen LogP contribution in [0.15, 0.2) is 45.7 Å². The maximum atomic E-state index is 12.9. The van der Waals surface area contributed by atoms with E-state index in [0.29, 0.717) is 26.1 Å². The lowest BCUT2D eigenvalue weighted by Gasteiger charge is -2.13. The van der Waals surface area contributed by atoms with Crippen LogP contribution in [-0.2, 0) is 4.79 Å². The molecule has 1 aromatic carbocycles. The second-order valence-corrected chi connectivity index (χ2v) is 7.95. The lowest BCUT2D eigenvalue weighted by atomic mass is 10.3. The van der Waals surface area contributed by atoms with Crippen LogP contribution >= 0.6 is 34.7 Å². The van der Waals surface area contributed by atoms with Crippen LogP contribution in [0.1, 0.15) is 13.8 Å². The Balaban J connectivity index is 2.03. The molecule has 8 heteroatoms. The molecule has 0 bridgehead atoms. The number of nitrogens with zero attached hydrogens (tertiary/aromatic N) is 2. The Labute approximate surface area is 158 Å². The number of thiophene rings is 1. The third-order valence-corrected chi connectivity index (χ3v) is 5.40. The first-order chi connectivity index (χ1) is 12.0. The number of halogens is 1. The molecule has 0 saturated carbocycles. The number of thioether (sulfide) groups is 1. The van der Waals surface area contributed by atoms with Crippen molar-refractivity contribution in [2.75, 3.05) is 5.75 Å². The second-order valence-electron chi connectivity index (χ2n) is 5.66. The van der Waals surface area contributed by atoms with Gasteiger partial charge in [-0.1, -0.05) is 23.4 Å². The van der Waals surface area contributed by atoms with Crippen molar-refractivity contribution in [1.29, 1.82) is 0 Å². The van der Waals surface area contributed by atoms with Crippen molar-refractivity contribution in [2.45, 2.75) is 25.0 Å². The summed E-state index contributed by atoms with van der Waals surface area (Å²) in [7, 11) is 0. The van der Waals surface area contributed by atoms with Crippen molar-refractivity contribution in [3.05, 3.63) is 51.1 Å². The maximum Gasteiger partial charge on any atom is 0.276 e. The number of fused-ring (bicyclic) bond motifs is 1. The molecule has 0 aliphatic carbocycles. The first kappa shape index (κ1) is 18.0. The van der Waals surface area contributed by atoms with E-state index >= 15 is 0 Å². The van der Waals surface area contributed by atoms with E-state index in [1.54, 1.807) is 24.3 Å². The molecule has 0 spiro atoms. The fourth-order valence-electron chi connectivity index (χ4n) is 2.30. The Morgan fingerprint density at radius 2 is 2.04 bits per heavy atom. The molecule has 25 heavy (non-hydrogen) atoms. The second kappa shape index (κ2) is 7.59. The zero-order valence-corrected chi connectivity index (χ0v) is 16.0. The number of aromatic nitrogens is 2. The van der Waals surface area contributed by atoms with E-state index in [9.17, 15) is 9.59 Å². The van der Waals surface area contributed by atoms with Gasteiger partial charge < -0.3 is 5.32 Å². The number of carbonyl (C=O) groups is 1. The molecule has 3 aromatic rings. The van der Waals surface area contributed by atoms with E-state index < -0.39 is 0 Å². The van der Waals surface area contributed by atoms with Gasteiger partial charge in [0.25, 0.3) is 5.56 Å². The Hall–Kier alpha value is -1.83. The molecule has 5 nitrogen and oxygen atoms in total. The number of benzene rings is 1. The highest BCUT2D eigenvalue weighted by Gasteiger charge is 2.15. The molecule has 0 saturated heterocycles. The molecule has 2 heterocycles. The highest BCUT2D eigenvalue weighted by atomic mass is 35.5. The molecule has 1 amide bonds. The van der Waals surface area contributed by atoms with Crippen LogP contribution in [0.2, 0.25) is 5.02 Å². The van der Waals surface area contributed by atoms with Gasteiger partial charge in [-0.3, -0.25) is 14.2 Å². The summed E-state index contributed by atoms with van der Waals surface area (Å²) >= 11 is 8.55. The smallest absolute Gasteiger partial charge is 0.276 e. The van der Waals surface area contributed by atoms with Gasteiger partial charge in [-0.05, 0) is 49.6 Å². The van der Waals surface area contributed by atoms with Crippen LogP contribution in [-0.4, -0.2) is 27.3 Å². The van der Waals surface area contributed by atoms with Gasteiger partial charge in [0.05, 0.1) is 17.0 Å². The molecular formula is C17H16ClN3O2S2. The van der Waals surface area contributed by atoms with Gasteiger partial charge in [-0.2, -0.15) is 0 Å². The molecule has 0 aliphatic rings. The Bertz CT molecular complexity index is 964. The summed E-state index contributed by atoms with van der Waals surface area (Å²) in [6, 6.07) is 8.86. The van der Waals surface area contributed by atoms with Gasteiger partial charge in [0.15, 0.2) is 5.16 Å². The molecule has 3 rings (SSSR count). The van der Waals surface area contributed by atoms with Crippen LogP contribution in [0.4, 0.5) is 0 Å². The molecule has 1 N–H and O–H groups in total. The van der Waals surface area contributed by atoms with E-state index in [-0.39, 0.29) is 23.3 Å². The molecule has 0 fully saturated rings. The lowest BCUT2D eigenvalue weighted by molar-refractivity contribution is -0.119. The predicted octanol–water partition coefficient (Wildman–Crippen LogP) is 3.72. The monoisotopic (exact) mass is 393 g/mol. The fraction of sp³-hybridized carbons (Fsp3) is 0.235. The van der Waals surface area contributed by atoms with E-state index in [1.165, 1.54) is 27.7 Å². The van der Waals surface area contributed by atoms with E-state index in [2.05, 4.69) is 10.3 Å². The summed E-state index contributed by atoms with van der Waals surface area (Å²) in [6.07, 6.45) is 0. The molecule has 2 aromatic heterocycles. The minimum atomic E-state index is -0.144. The van der Waals surface area contributed by atoms with Crippen LogP contribution in [0.25, 0.3) is 15.9 Å². The predicted molar refractivity (Wildman–Crippen MR) is 104 cm³/mol. The molecule has 130 valence electrons. The fourth-order valence-corrected chi connectivity index (χ4v) is 4.01. The number of hydrogen-bond acceptors (Lipinski definition) is 5. The first-order valence-corrected chi connectivity index (χ1v) is 9.88. The highest BCUT2D eigenvalue weighted by molar-refractivity contribution is 7.99. The van der Waals surface area contributed by atoms with Crippen molar-refractivity contribution in [3.63, 3.8) is 0 Å². The zero-order chi connectivity index (χ0) is 18.0. The number of nitrogens with one attached hydrogen (secondary N) is 1. The maximum absolute atomic E-state index is 12.9. The van der Waals surface area contributed by atoms with Gasteiger partial charge >= 0.3 is 0 Å². The standard InChI is InChI=1S/C17H16ClN3O2S2/c1-10(2)19-14(22)9-25-17-20-13-7-8-24-15(13)16(23)21(17)12-5-3-11(18)4-6-12/h3-8,10H,9H2,1-2H3,(H,19,22). The third-order valence-electron chi connectivity index (χ3n) is 3.32. The molecular weight excluding hydrogens is 378 g/mol. The topological polar surface area (TPSA) is 64.0 Å². The number of amides is 1. The Kier molecular flexibility index (Phi) is 5.46. The number of carbonyl (C=O) groups excluding carboxylic acids is 1. The molecule has 0 atom stereocenters. The van der Waals surface area contributed by atoms with Crippen molar-refractivity contribution in [3.8, 4) is 5.69 Å². The minimum Gasteiger partial charge on any atom is -0.353 e. The summed E-state index contributed by atoms with van der Waals surface area (Å²) in [6.45, 7) is 3.81. The van der Waals surface area contributed by atoms with Crippen molar-refractivity contribution in [2.24, 2.45) is 0 Å². The quantitative estimate of drug-likeness (QED) is 0.530. The van der Waals surface area contributed by atoms with Crippen LogP contribution in [0.3, 0.4) is 0 Å². The van der Waals surface area contributed by atoms with Crippen LogP contribution in [0, 0.1) is 0 Å².